The molecule has 1 aromatic rings. The number of imide groups is 2. The van der Waals surface area contributed by atoms with Crippen LogP contribution < -0.4 is 11.1 Å². The highest BCUT2D eigenvalue weighted by Gasteiger charge is 2.35. The molecule has 0 saturated carbocycles. The smallest absolute Gasteiger partial charge is 0.318 e. The van der Waals surface area contributed by atoms with Gasteiger partial charge in [-0.1, -0.05) is 25.5 Å². The Morgan fingerprint density at radius 1 is 1.14 bits per heavy atom. The van der Waals surface area contributed by atoms with Crippen molar-refractivity contribution in [2.24, 2.45) is 11.7 Å². The molecule has 0 radical (unpaired) electrons. The summed E-state index contributed by atoms with van der Waals surface area (Å²) in [6.45, 7) is 5.19. The Bertz CT molecular complexity index is 833. The van der Waals surface area contributed by atoms with Crippen LogP contribution in [0, 0.1) is 12.8 Å². The molecule has 28 heavy (non-hydrogen) atoms. The highest BCUT2D eigenvalue weighted by atomic mass is 16.5. The summed E-state index contributed by atoms with van der Waals surface area (Å²) in [5.74, 6) is -2.63. The molecule has 0 aliphatic carbocycles. The van der Waals surface area contributed by atoms with Crippen LogP contribution >= 0.6 is 0 Å². The predicted octanol–water partition coefficient (Wildman–Crippen LogP) is 1.13. The van der Waals surface area contributed by atoms with Crippen molar-refractivity contribution in [2.75, 3.05) is 6.54 Å². The van der Waals surface area contributed by atoms with Gasteiger partial charge in [0.05, 0.1) is 11.1 Å². The number of urea groups is 1. The summed E-state index contributed by atoms with van der Waals surface area (Å²) in [6, 6.07) is 4.00. The number of hydrogen-bond donors (Lipinski definition) is 2. The standard InChI is InChI=1S/C19H23N3O6/c1-10(2)15(16(24)21-19(20)27)28-14(23)5-4-8-22-17(25)12-7-6-11(3)9-13(12)18(22)26/h6-7,9-10,15H,4-5,8H2,1-3H3,(H3,20,21,24,27). The predicted molar refractivity (Wildman–Crippen MR) is 98.2 cm³/mol. The first kappa shape index (κ1) is 21.1. The summed E-state index contributed by atoms with van der Waals surface area (Å²) in [6.07, 6.45) is -1.08. The number of aryl methyl sites for hydroxylation is 1. The van der Waals surface area contributed by atoms with Crippen molar-refractivity contribution < 1.29 is 28.7 Å². The Kier molecular flexibility index (Phi) is 6.50. The number of nitrogens with two attached hydrogens (primary N) is 1. The van der Waals surface area contributed by atoms with Crippen molar-refractivity contribution in [3.63, 3.8) is 0 Å². The Morgan fingerprint density at radius 3 is 2.39 bits per heavy atom. The molecule has 3 N–H and O–H groups in total. The lowest BCUT2D eigenvalue weighted by Crippen LogP contribution is -2.45. The largest absolute Gasteiger partial charge is 0.452 e. The monoisotopic (exact) mass is 389 g/mol. The van der Waals surface area contributed by atoms with Crippen LogP contribution in [0.3, 0.4) is 0 Å². The topological polar surface area (TPSA) is 136 Å². The van der Waals surface area contributed by atoms with Crippen LogP contribution in [-0.4, -0.2) is 47.3 Å². The fraction of sp³-hybridized carbons (Fsp3) is 0.421. The van der Waals surface area contributed by atoms with Gasteiger partial charge in [-0.25, -0.2) is 4.79 Å². The fourth-order valence-electron chi connectivity index (χ4n) is 2.87. The van der Waals surface area contributed by atoms with E-state index in [1.54, 1.807) is 32.0 Å². The van der Waals surface area contributed by atoms with E-state index in [2.05, 4.69) is 0 Å². The van der Waals surface area contributed by atoms with Gasteiger partial charge in [0.2, 0.25) is 0 Å². The lowest BCUT2D eigenvalue weighted by Gasteiger charge is -2.20. The molecule has 150 valence electrons. The van der Waals surface area contributed by atoms with Crippen LogP contribution in [0.2, 0.25) is 0 Å². The first-order valence-corrected chi connectivity index (χ1v) is 8.88. The summed E-state index contributed by atoms with van der Waals surface area (Å²) >= 11 is 0. The van der Waals surface area contributed by atoms with E-state index in [0.717, 1.165) is 10.5 Å². The van der Waals surface area contributed by atoms with Gasteiger partial charge in [0.1, 0.15) is 0 Å². The molecule has 0 saturated heterocycles. The van der Waals surface area contributed by atoms with Crippen molar-refractivity contribution in [3.8, 4) is 0 Å². The van der Waals surface area contributed by atoms with Gasteiger partial charge in [-0.3, -0.25) is 29.4 Å². The molecule has 1 aliphatic rings. The number of carbonyl (C=O) groups is 5. The van der Waals surface area contributed by atoms with Crippen molar-refractivity contribution in [1.29, 1.82) is 0 Å². The minimum atomic E-state index is -1.16. The average molecular weight is 389 g/mol. The zero-order valence-electron chi connectivity index (χ0n) is 16.0. The SMILES string of the molecule is Cc1ccc2c(c1)C(=O)N(CCCC(=O)OC(C(=O)NC(N)=O)C(C)C)C2=O. The second-order valence-electron chi connectivity index (χ2n) is 6.92. The first-order valence-electron chi connectivity index (χ1n) is 8.88. The van der Waals surface area contributed by atoms with E-state index in [9.17, 15) is 24.0 Å². The molecule has 1 unspecified atom stereocenters. The fourth-order valence-corrected chi connectivity index (χ4v) is 2.87. The van der Waals surface area contributed by atoms with E-state index in [0.29, 0.717) is 11.1 Å². The molecule has 0 bridgehead atoms. The van der Waals surface area contributed by atoms with E-state index in [4.69, 9.17) is 10.5 Å². The van der Waals surface area contributed by atoms with Crippen LogP contribution in [0.1, 0.15) is 53.0 Å². The maximum atomic E-state index is 12.4. The molecular weight excluding hydrogens is 366 g/mol. The lowest BCUT2D eigenvalue weighted by atomic mass is 10.1. The quantitative estimate of drug-likeness (QED) is 0.530. The number of hydrogen-bond acceptors (Lipinski definition) is 6. The molecule has 9 nitrogen and oxygen atoms in total. The molecule has 2 rings (SSSR count). The van der Waals surface area contributed by atoms with E-state index in [-0.39, 0.29) is 25.3 Å². The normalized spacial score (nSPS) is 14.1. The maximum absolute atomic E-state index is 12.4. The third-order valence-corrected chi connectivity index (χ3v) is 4.26. The number of primary amides is 1. The number of benzene rings is 1. The first-order chi connectivity index (χ1) is 13.1. The number of carbonyl (C=O) groups excluding carboxylic acids is 5. The number of esters is 1. The van der Waals surface area contributed by atoms with Gasteiger partial charge in [0.15, 0.2) is 6.10 Å². The van der Waals surface area contributed by atoms with Gasteiger partial charge >= 0.3 is 12.0 Å². The van der Waals surface area contributed by atoms with Crippen LogP contribution in [0.4, 0.5) is 4.79 Å². The van der Waals surface area contributed by atoms with Crippen LogP contribution in [0.15, 0.2) is 18.2 Å². The van der Waals surface area contributed by atoms with Crippen molar-refractivity contribution in [1.82, 2.24) is 10.2 Å². The molecule has 5 amide bonds. The lowest BCUT2D eigenvalue weighted by molar-refractivity contribution is -0.158. The zero-order valence-corrected chi connectivity index (χ0v) is 16.0. The molecule has 1 aliphatic heterocycles. The number of amides is 5. The van der Waals surface area contributed by atoms with Crippen LogP contribution in [-0.2, 0) is 14.3 Å². The van der Waals surface area contributed by atoms with E-state index < -0.39 is 35.8 Å². The molecule has 0 fully saturated rings. The molecular formula is C19H23N3O6. The van der Waals surface area contributed by atoms with E-state index in [1.165, 1.54) is 0 Å². The van der Waals surface area contributed by atoms with Crippen LogP contribution in [0.5, 0.6) is 0 Å². The number of fused-ring (bicyclic) bond motifs is 1. The van der Waals surface area contributed by atoms with Gasteiger partial charge in [0, 0.05) is 13.0 Å². The van der Waals surface area contributed by atoms with Gasteiger partial charge in [-0.05, 0) is 31.4 Å². The number of nitrogens with one attached hydrogen (secondary N) is 1. The third kappa shape index (κ3) is 4.73. The van der Waals surface area contributed by atoms with Gasteiger partial charge in [-0.15, -0.1) is 0 Å². The van der Waals surface area contributed by atoms with Crippen molar-refractivity contribution in [2.45, 2.75) is 39.7 Å². The second kappa shape index (κ2) is 8.64. The minimum absolute atomic E-state index is 0.0559. The Hall–Kier alpha value is -3.23. The molecule has 1 aromatic carbocycles. The highest BCUT2D eigenvalue weighted by molar-refractivity contribution is 6.21. The van der Waals surface area contributed by atoms with Gasteiger partial charge in [-0.2, -0.15) is 0 Å². The summed E-state index contributed by atoms with van der Waals surface area (Å²) in [7, 11) is 0. The summed E-state index contributed by atoms with van der Waals surface area (Å²) in [4.78, 5) is 60.5. The second-order valence-corrected chi connectivity index (χ2v) is 6.92. The van der Waals surface area contributed by atoms with Gasteiger partial charge in [0.25, 0.3) is 17.7 Å². The van der Waals surface area contributed by atoms with Crippen molar-refractivity contribution >= 4 is 29.7 Å². The Balaban J connectivity index is 1.90. The van der Waals surface area contributed by atoms with Crippen molar-refractivity contribution in [3.05, 3.63) is 34.9 Å². The molecule has 0 spiro atoms. The zero-order chi connectivity index (χ0) is 21.0. The third-order valence-electron chi connectivity index (χ3n) is 4.26. The maximum Gasteiger partial charge on any atom is 0.318 e. The van der Waals surface area contributed by atoms with E-state index >= 15 is 0 Å². The average Bonchev–Trinajstić information content (AvgIpc) is 2.83. The Morgan fingerprint density at radius 2 is 1.79 bits per heavy atom. The molecule has 1 heterocycles. The molecule has 9 heteroatoms. The summed E-state index contributed by atoms with van der Waals surface area (Å²) in [5.41, 5.74) is 6.48. The van der Waals surface area contributed by atoms with E-state index in [1.807, 2.05) is 12.2 Å². The molecule has 1 atom stereocenters. The minimum Gasteiger partial charge on any atom is -0.452 e. The Labute approximate surface area is 162 Å². The number of ether oxygens (including phenoxy) is 1. The van der Waals surface area contributed by atoms with Crippen LogP contribution in [0.25, 0.3) is 0 Å². The summed E-state index contributed by atoms with van der Waals surface area (Å²) < 4.78 is 5.12. The number of nitrogens with zero attached hydrogens (tertiary/aromatic N) is 1. The summed E-state index contributed by atoms with van der Waals surface area (Å²) in [5, 5.41) is 1.88. The molecule has 0 aromatic heterocycles. The number of rotatable bonds is 7. The van der Waals surface area contributed by atoms with Gasteiger partial charge < -0.3 is 10.5 Å². The highest BCUT2D eigenvalue weighted by Crippen LogP contribution is 2.24.